The van der Waals surface area contributed by atoms with E-state index in [1.807, 2.05) is 0 Å². The standard InChI is InChI=1S/C8H15NO2/c1-6-5-9-4-3-7(6)8(10)11-2/h6-7,9H,3-5H2,1-2H3/t6-,7+/m1/s1. The Bertz CT molecular complexity index is 147. The van der Waals surface area contributed by atoms with Crippen molar-refractivity contribution in [1.29, 1.82) is 0 Å². The molecule has 1 aliphatic rings. The van der Waals surface area contributed by atoms with Gasteiger partial charge in [-0.1, -0.05) is 6.92 Å². The van der Waals surface area contributed by atoms with E-state index >= 15 is 0 Å². The average Bonchev–Trinajstić information content (AvgIpc) is 2.04. The highest BCUT2D eigenvalue weighted by atomic mass is 16.5. The summed E-state index contributed by atoms with van der Waals surface area (Å²) in [5.41, 5.74) is 0. The van der Waals surface area contributed by atoms with Crippen LogP contribution in [0.1, 0.15) is 13.3 Å². The SMILES string of the molecule is COC(=O)[C@H]1CCNC[C@H]1C. The van der Waals surface area contributed by atoms with Crippen LogP contribution < -0.4 is 5.32 Å². The van der Waals surface area contributed by atoms with Crippen molar-refractivity contribution in [2.75, 3.05) is 20.2 Å². The molecule has 11 heavy (non-hydrogen) atoms. The zero-order valence-electron chi connectivity index (χ0n) is 7.09. The van der Waals surface area contributed by atoms with Crippen LogP contribution in [0.3, 0.4) is 0 Å². The van der Waals surface area contributed by atoms with Gasteiger partial charge in [-0.25, -0.2) is 0 Å². The smallest absolute Gasteiger partial charge is 0.309 e. The van der Waals surface area contributed by atoms with Gasteiger partial charge in [-0.2, -0.15) is 0 Å². The molecular formula is C8H15NO2. The fraction of sp³-hybridized carbons (Fsp3) is 0.875. The van der Waals surface area contributed by atoms with Gasteiger partial charge in [0.1, 0.15) is 0 Å². The van der Waals surface area contributed by atoms with Gasteiger partial charge in [0, 0.05) is 0 Å². The van der Waals surface area contributed by atoms with Gasteiger partial charge in [-0.3, -0.25) is 4.79 Å². The summed E-state index contributed by atoms with van der Waals surface area (Å²) in [6.07, 6.45) is 0.911. The fourth-order valence-electron chi connectivity index (χ4n) is 1.52. The first-order valence-corrected chi connectivity index (χ1v) is 4.04. The van der Waals surface area contributed by atoms with Crippen molar-refractivity contribution in [3.63, 3.8) is 0 Å². The number of piperidine rings is 1. The molecule has 0 saturated carbocycles. The van der Waals surface area contributed by atoms with E-state index < -0.39 is 0 Å². The molecule has 0 aromatic heterocycles. The molecule has 0 aromatic rings. The lowest BCUT2D eigenvalue weighted by atomic mass is 9.88. The molecule has 0 amide bonds. The Balaban J connectivity index is 2.47. The van der Waals surface area contributed by atoms with Crippen molar-refractivity contribution < 1.29 is 9.53 Å². The average molecular weight is 157 g/mol. The monoisotopic (exact) mass is 157 g/mol. The number of hydrogen-bond donors (Lipinski definition) is 1. The minimum atomic E-state index is -0.0565. The van der Waals surface area contributed by atoms with Gasteiger partial charge in [0.25, 0.3) is 0 Å². The third-order valence-electron chi connectivity index (χ3n) is 2.29. The molecule has 0 aliphatic carbocycles. The first kappa shape index (κ1) is 8.53. The lowest BCUT2D eigenvalue weighted by Gasteiger charge is -2.26. The van der Waals surface area contributed by atoms with Crippen molar-refractivity contribution in [3.05, 3.63) is 0 Å². The van der Waals surface area contributed by atoms with Gasteiger partial charge in [0.15, 0.2) is 0 Å². The Kier molecular flexibility index (Phi) is 2.88. The van der Waals surface area contributed by atoms with E-state index in [4.69, 9.17) is 4.74 Å². The van der Waals surface area contributed by atoms with Crippen LogP contribution in [-0.4, -0.2) is 26.2 Å². The molecule has 0 bridgehead atoms. The molecule has 3 heteroatoms. The third-order valence-corrected chi connectivity index (χ3v) is 2.29. The first-order valence-electron chi connectivity index (χ1n) is 4.04. The predicted molar refractivity (Wildman–Crippen MR) is 42.2 cm³/mol. The van der Waals surface area contributed by atoms with Crippen molar-refractivity contribution in [2.45, 2.75) is 13.3 Å². The molecule has 64 valence electrons. The molecule has 1 N–H and O–H groups in total. The lowest BCUT2D eigenvalue weighted by molar-refractivity contribution is -0.148. The van der Waals surface area contributed by atoms with Crippen LogP contribution in [0.15, 0.2) is 0 Å². The summed E-state index contributed by atoms with van der Waals surface area (Å²) in [6.45, 7) is 3.94. The molecule has 1 heterocycles. The maximum absolute atomic E-state index is 11.1. The van der Waals surface area contributed by atoms with Crippen LogP contribution in [0.25, 0.3) is 0 Å². The number of rotatable bonds is 1. The van der Waals surface area contributed by atoms with E-state index in [1.54, 1.807) is 0 Å². The summed E-state index contributed by atoms with van der Waals surface area (Å²) >= 11 is 0. The highest BCUT2D eigenvalue weighted by molar-refractivity contribution is 5.72. The summed E-state index contributed by atoms with van der Waals surface area (Å²) in [5, 5.41) is 3.24. The first-order chi connectivity index (χ1) is 5.25. The van der Waals surface area contributed by atoms with E-state index in [2.05, 4.69) is 12.2 Å². The second-order valence-corrected chi connectivity index (χ2v) is 3.10. The quantitative estimate of drug-likeness (QED) is 0.560. The van der Waals surface area contributed by atoms with Gasteiger partial charge in [-0.15, -0.1) is 0 Å². The Labute approximate surface area is 67.1 Å². The third kappa shape index (κ3) is 1.93. The molecule has 1 saturated heterocycles. The second kappa shape index (κ2) is 3.72. The van der Waals surface area contributed by atoms with Gasteiger partial charge in [0.2, 0.25) is 0 Å². The molecule has 0 aromatic carbocycles. The number of nitrogens with one attached hydrogen (secondary N) is 1. The topological polar surface area (TPSA) is 38.3 Å². The zero-order chi connectivity index (χ0) is 8.27. The maximum atomic E-state index is 11.1. The van der Waals surface area contributed by atoms with Crippen LogP contribution in [0.2, 0.25) is 0 Å². The molecule has 1 rings (SSSR count). The highest BCUT2D eigenvalue weighted by Crippen LogP contribution is 2.19. The van der Waals surface area contributed by atoms with Crippen molar-refractivity contribution in [3.8, 4) is 0 Å². The molecule has 0 spiro atoms. The summed E-state index contributed by atoms with van der Waals surface area (Å²) in [6, 6.07) is 0. The largest absolute Gasteiger partial charge is 0.469 e. The number of ether oxygens (including phenoxy) is 1. The van der Waals surface area contributed by atoms with Crippen LogP contribution in [0, 0.1) is 11.8 Å². The van der Waals surface area contributed by atoms with E-state index in [9.17, 15) is 4.79 Å². The lowest BCUT2D eigenvalue weighted by Crippen LogP contribution is -2.39. The summed E-state index contributed by atoms with van der Waals surface area (Å²) in [4.78, 5) is 11.1. The molecular weight excluding hydrogens is 142 g/mol. The van der Waals surface area contributed by atoms with E-state index in [-0.39, 0.29) is 11.9 Å². The normalized spacial score (nSPS) is 31.5. The summed E-state index contributed by atoms with van der Waals surface area (Å²) < 4.78 is 4.69. The van der Waals surface area contributed by atoms with Crippen LogP contribution >= 0.6 is 0 Å². The Morgan fingerprint density at radius 1 is 1.64 bits per heavy atom. The number of methoxy groups -OCH3 is 1. The number of esters is 1. The van der Waals surface area contributed by atoms with Crippen molar-refractivity contribution in [2.24, 2.45) is 11.8 Å². The Morgan fingerprint density at radius 2 is 2.36 bits per heavy atom. The van der Waals surface area contributed by atoms with Crippen molar-refractivity contribution >= 4 is 5.97 Å². The molecule has 0 unspecified atom stereocenters. The molecule has 2 atom stereocenters. The minimum absolute atomic E-state index is 0.0565. The summed E-state index contributed by atoms with van der Waals surface area (Å²) in [5.74, 6) is 0.469. The maximum Gasteiger partial charge on any atom is 0.309 e. The fourth-order valence-corrected chi connectivity index (χ4v) is 1.52. The van der Waals surface area contributed by atoms with Gasteiger partial charge < -0.3 is 10.1 Å². The van der Waals surface area contributed by atoms with E-state index in [0.717, 1.165) is 19.5 Å². The van der Waals surface area contributed by atoms with Crippen LogP contribution in [0.5, 0.6) is 0 Å². The summed E-state index contributed by atoms with van der Waals surface area (Å²) in [7, 11) is 1.46. The number of carbonyl (C=O) groups excluding carboxylic acids is 1. The molecule has 3 nitrogen and oxygen atoms in total. The van der Waals surface area contributed by atoms with Gasteiger partial charge >= 0.3 is 5.97 Å². The Morgan fingerprint density at radius 3 is 2.91 bits per heavy atom. The molecule has 1 aliphatic heterocycles. The van der Waals surface area contributed by atoms with Crippen LogP contribution in [-0.2, 0) is 9.53 Å². The van der Waals surface area contributed by atoms with Crippen molar-refractivity contribution in [1.82, 2.24) is 5.32 Å². The molecule has 0 radical (unpaired) electrons. The zero-order valence-corrected chi connectivity index (χ0v) is 7.09. The Hall–Kier alpha value is -0.570. The number of hydrogen-bond acceptors (Lipinski definition) is 3. The van der Waals surface area contributed by atoms with E-state index in [1.165, 1.54) is 7.11 Å². The highest BCUT2D eigenvalue weighted by Gasteiger charge is 2.27. The predicted octanol–water partition coefficient (Wildman–Crippen LogP) is 0.405. The second-order valence-electron chi connectivity index (χ2n) is 3.10. The minimum Gasteiger partial charge on any atom is -0.469 e. The van der Waals surface area contributed by atoms with Gasteiger partial charge in [-0.05, 0) is 25.4 Å². The molecule has 1 fully saturated rings. The van der Waals surface area contributed by atoms with Gasteiger partial charge in [0.05, 0.1) is 13.0 Å². The number of carbonyl (C=O) groups is 1. The van der Waals surface area contributed by atoms with Crippen LogP contribution in [0.4, 0.5) is 0 Å². The van der Waals surface area contributed by atoms with E-state index in [0.29, 0.717) is 5.92 Å².